The van der Waals surface area contributed by atoms with Gasteiger partial charge in [0.1, 0.15) is 10.8 Å². The molecule has 1 atom stereocenters. The predicted octanol–water partition coefficient (Wildman–Crippen LogP) is 4.55. The highest BCUT2D eigenvalue weighted by Gasteiger charge is 2.25. The first-order chi connectivity index (χ1) is 17.3. The molecule has 36 heavy (non-hydrogen) atoms. The molecule has 2 aromatic carbocycles. The Hall–Kier alpha value is -3.69. The normalized spacial score (nSPS) is 13.6. The zero-order chi connectivity index (χ0) is 25.7. The molecule has 1 heterocycles. The number of ether oxygens (including phenoxy) is 1. The van der Waals surface area contributed by atoms with Crippen LogP contribution in [0.15, 0.2) is 53.6 Å². The van der Waals surface area contributed by atoms with Crippen LogP contribution in [0.2, 0.25) is 5.02 Å². The molecule has 8 nitrogen and oxygen atoms in total. The minimum absolute atomic E-state index is 0.359. The molecule has 1 aliphatic carbocycles. The molecule has 10 heteroatoms. The van der Waals surface area contributed by atoms with E-state index in [0.29, 0.717) is 32.5 Å². The molecule has 186 valence electrons. The monoisotopic (exact) mass is 524 g/mol. The number of hydrazone groups is 1. The fourth-order valence-electron chi connectivity index (χ4n) is 3.87. The second kappa shape index (κ2) is 11.4. The van der Waals surface area contributed by atoms with Crippen molar-refractivity contribution >= 4 is 51.9 Å². The zero-order valence-corrected chi connectivity index (χ0v) is 21.1. The van der Waals surface area contributed by atoms with Crippen molar-refractivity contribution in [3.8, 4) is 5.75 Å². The molecule has 0 radical (unpaired) electrons. The molecule has 4 N–H and O–H groups in total. The van der Waals surface area contributed by atoms with Gasteiger partial charge in [-0.15, -0.1) is 11.3 Å². The summed E-state index contributed by atoms with van der Waals surface area (Å²) in [6, 6.07) is 13.5. The highest BCUT2D eigenvalue weighted by molar-refractivity contribution is 7.17. The average Bonchev–Trinajstić information content (AvgIpc) is 3.23. The van der Waals surface area contributed by atoms with Gasteiger partial charge >= 0.3 is 0 Å². The molecule has 4 rings (SSSR count). The third-order valence-electron chi connectivity index (χ3n) is 5.73. The topological polar surface area (TPSA) is 123 Å². The summed E-state index contributed by atoms with van der Waals surface area (Å²) in [6.07, 6.45) is 4.37. The van der Waals surface area contributed by atoms with Crippen molar-refractivity contribution in [3.05, 3.63) is 80.7 Å². The molecule has 0 spiro atoms. The van der Waals surface area contributed by atoms with Gasteiger partial charge < -0.3 is 15.8 Å². The molecule has 3 aromatic rings. The van der Waals surface area contributed by atoms with E-state index in [1.54, 1.807) is 49.4 Å². The van der Waals surface area contributed by atoms with Gasteiger partial charge in [0.25, 0.3) is 17.7 Å². The van der Waals surface area contributed by atoms with Crippen molar-refractivity contribution in [2.24, 2.45) is 10.8 Å². The lowest BCUT2D eigenvalue weighted by Crippen LogP contribution is -2.33. The lowest BCUT2D eigenvalue weighted by Gasteiger charge is -2.13. The van der Waals surface area contributed by atoms with Crippen molar-refractivity contribution in [1.82, 2.24) is 5.43 Å². The standard InChI is InChI=1S/C26H25ClN4O4S/c1-15(24(33)31-29-14-17-6-2-4-8-20(17)27)35-18-12-10-16(11-13-18)25(34)30-26-22(23(28)32)19-7-3-5-9-21(19)36-26/h2,4,6,8,10-15H,3,5,7,9H2,1H3,(H2,28,32)(H,30,34)(H,31,33)/b29-14-/t15-/m1/s1. The summed E-state index contributed by atoms with van der Waals surface area (Å²) >= 11 is 7.47. The quantitative estimate of drug-likeness (QED) is 0.295. The molecule has 0 saturated heterocycles. The average molecular weight is 525 g/mol. The number of primary amides is 1. The SMILES string of the molecule is C[C@@H](Oc1ccc(C(=O)Nc2sc3c(c2C(N)=O)CCCC3)cc1)C(=O)N/N=C\c1ccccc1Cl. The molecule has 3 amide bonds. The lowest BCUT2D eigenvalue weighted by molar-refractivity contribution is -0.127. The van der Waals surface area contributed by atoms with Gasteiger partial charge in [-0.25, -0.2) is 5.43 Å². The molecule has 0 bridgehead atoms. The van der Waals surface area contributed by atoms with Gasteiger partial charge in [0, 0.05) is 21.0 Å². The van der Waals surface area contributed by atoms with Crippen molar-refractivity contribution < 1.29 is 19.1 Å². The molecule has 0 unspecified atom stereocenters. The molecule has 1 aliphatic rings. The highest BCUT2D eigenvalue weighted by Crippen LogP contribution is 2.38. The number of amides is 3. The minimum Gasteiger partial charge on any atom is -0.481 e. The molecular formula is C26H25ClN4O4S. The summed E-state index contributed by atoms with van der Waals surface area (Å²) < 4.78 is 5.66. The first kappa shape index (κ1) is 25.4. The smallest absolute Gasteiger partial charge is 0.280 e. The van der Waals surface area contributed by atoms with Gasteiger partial charge in [0.05, 0.1) is 11.8 Å². The number of aryl methyl sites for hydroxylation is 1. The number of carbonyl (C=O) groups excluding carboxylic acids is 3. The number of fused-ring (bicyclic) bond motifs is 1. The third kappa shape index (κ3) is 5.92. The number of halogens is 1. The zero-order valence-electron chi connectivity index (χ0n) is 19.5. The van der Waals surface area contributed by atoms with E-state index in [0.717, 1.165) is 36.1 Å². The maximum Gasteiger partial charge on any atom is 0.280 e. The third-order valence-corrected chi connectivity index (χ3v) is 7.28. The predicted molar refractivity (Wildman–Crippen MR) is 141 cm³/mol. The van der Waals surface area contributed by atoms with E-state index in [9.17, 15) is 14.4 Å². The van der Waals surface area contributed by atoms with E-state index in [4.69, 9.17) is 22.1 Å². The van der Waals surface area contributed by atoms with Crippen LogP contribution >= 0.6 is 22.9 Å². The van der Waals surface area contributed by atoms with Crippen LogP contribution in [0.25, 0.3) is 0 Å². The first-order valence-corrected chi connectivity index (χ1v) is 12.6. The van der Waals surface area contributed by atoms with E-state index in [-0.39, 0.29) is 5.91 Å². The number of nitrogens with zero attached hydrogens (tertiary/aromatic N) is 1. The van der Waals surface area contributed by atoms with E-state index < -0.39 is 17.9 Å². The lowest BCUT2D eigenvalue weighted by atomic mass is 9.95. The maximum atomic E-state index is 12.8. The molecular weight excluding hydrogens is 500 g/mol. The Morgan fingerprint density at radius 3 is 2.56 bits per heavy atom. The van der Waals surface area contributed by atoms with Crippen LogP contribution in [0.4, 0.5) is 5.00 Å². The Kier molecular flexibility index (Phi) is 8.02. The van der Waals surface area contributed by atoms with Gasteiger partial charge in [-0.05, 0) is 68.5 Å². The van der Waals surface area contributed by atoms with E-state index in [1.165, 1.54) is 17.6 Å². The number of nitrogens with one attached hydrogen (secondary N) is 2. The van der Waals surface area contributed by atoms with Gasteiger partial charge in [-0.1, -0.05) is 29.8 Å². The van der Waals surface area contributed by atoms with Crippen molar-refractivity contribution in [2.45, 2.75) is 38.7 Å². The molecule has 0 saturated carbocycles. The van der Waals surface area contributed by atoms with Crippen LogP contribution in [-0.4, -0.2) is 30.0 Å². The van der Waals surface area contributed by atoms with E-state index in [1.807, 2.05) is 6.07 Å². The number of thiophene rings is 1. The second-order valence-electron chi connectivity index (χ2n) is 8.27. The van der Waals surface area contributed by atoms with E-state index >= 15 is 0 Å². The summed E-state index contributed by atoms with van der Waals surface area (Å²) in [5.74, 6) is -0.922. The minimum atomic E-state index is -0.830. The summed E-state index contributed by atoms with van der Waals surface area (Å²) in [5.41, 5.74) is 10.5. The highest BCUT2D eigenvalue weighted by atomic mass is 35.5. The van der Waals surface area contributed by atoms with Gasteiger partial charge in [-0.3, -0.25) is 14.4 Å². The summed E-state index contributed by atoms with van der Waals surface area (Å²) in [5, 5.41) is 7.75. The van der Waals surface area contributed by atoms with Gasteiger partial charge in [0.15, 0.2) is 6.10 Å². The van der Waals surface area contributed by atoms with Gasteiger partial charge in [-0.2, -0.15) is 5.10 Å². The van der Waals surface area contributed by atoms with Crippen LogP contribution in [0.1, 0.15) is 56.5 Å². The van der Waals surface area contributed by atoms with Crippen LogP contribution in [0.5, 0.6) is 5.75 Å². The Bertz CT molecular complexity index is 1320. The number of nitrogens with two attached hydrogens (primary N) is 1. The number of carbonyl (C=O) groups is 3. The second-order valence-corrected chi connectivity index (χ2v) is 9.79. The van der Waals surface area contributed by atoms with Crippen LogP contribution in [0.3, 0.4) is 0 Å². The Balaban J connectivity index is 1.35. The number of anilines is 1. The van der Waals surface area contributed by atoms with Crippen LogP contribution in [0, 0.1) is 0 Å². The van der Waals surface area contributed by atoms with Crippen molar-refractivity contribution in [1.29, 1.82) is 0 Å². The Morgan fingerprint density at radius 1 is 1.11 bits per heavy atom. The molecule has 0 fully saturated rings. The Labute approximate surface area is 217 Å². The number of rotatable bonds is 8. The summed E-state index contributed by atoms with van der Waals surface area (Å²) in [7, 11) is 0. The number of hydrogen-bond acceptors (Lipinski definition) is 6. The Morgan fingerprint density at radius 2 is 1.83 bits per heavy atom. The van der Waals surface area contributed by atoms with E-state index in [2.05, 4.69) is 15.8 Å². The number of hydrogen-bond donors (Lipinski definition) is 3. The van der Waals surface area contributed by atoms with Crippen molar-refractivity contribution in [2.75, 3.05) is 5.32 Å². The maximum absolute atomic E-state index is 12.8. The fourth-order valence-corrected chi connectivity index (χ4v) is 5.34. The summed E-state index contributed by atoms with van der Waals surface area (Å²) in [6.45, 7) is 1.59. The molecule has 0 aliphatic heterocycles. The van der Waals surface area contributed by atoms with Crippen LogP contribution in [-0.2, 0) is 17.6 Å². The fraction of sp³-hybridized carbons (Fsp3) is 0.231. The number of benzene rings is 2. The summed E-state index contributed by atoms with van der Waals surface area (Å²) in [4.78, 5) is 38.3. The van der Waals surface area contributed by atoms with Crippen LogP contribution < -0.4 is 21.2 Å². The van der Waals surface area contributed by atoms with Gasteiger partial charge in [0.2, 0.25) is 0 Å². The largest absolute Gasteiger partial charge is 0.481 e. The van der Waals surface area contributed by atoms with Crippen molar-refractivity contribution in [3.63, 3.8) is 0 Å². The molecule has 1 aromatic heterocycles. The first-order valence-electron chi connectivity index (χ1n) is 11.4.